The zero-order chi connectivity index (χ0) is 15.5. The maximum Gasteiger partial charge on any atom is 0.310 e. The normalized spacial score (nSPS) is 28.7. The number of ether oxygens (including phenoxy) is 1. The van der Waals surface area contributed by atoms with Gasteiger partial charge in [0.2, 0.25) is 5.91 Å². The van der Waals surface area contributed by atoms with Crippen LogP contribution in [0.1, 0.15) is 12.0 Å². The summed E-state index contributed by atoms with van der Waals surface area (Å²) >= 11 is 0. The molecule has 1 fully saturated rings. The van der Waals surface area contributed by atoms with Crippen LogP contribution in [0.3, 0.4) is 0 Å². The van der Waals surface area contributed by atoms with Crippen LogP contribution in [0.5, 0.6) is 0 Å². The third-order valence-electron chi connectivity index (χ3n) is 4.27. The van der Waals surface area contributed by atoms with Gasteiger partial charge in [-0.05, 0) is 18.4 Å². The number of carbonyl (C=O) groups is 2. The Bertz CT molecular complexity index is 584. The van der Waals surface area contributed by atoms with Crippen molar-refractivity contribution in [2.45, 2.75) is 25.0 Å². The molecular formula is C17H19NO4. The number of nitrogens with one attached hydrogen (secondary N) is 1. The quantitative estimate of drug-likeness (QED) is 0.615. The van der Waals surface area contributed by atoms with Crippen molar-refractivity contribution in [1.29, 1.82) is 0 Å². The molecule has 22 heavy (non-hydrogen) atoms. The number of hydrogen-bond acceptors (Lipinski definition) is 3. The van der Waals surface area contributed by atoms with Crippen molar-refractivity contribution in [1.82, 2.24) is 5.32 Å². The van der Waals surface area contributed by atoms with E-state index in [4.69, 9.17) is 4.74 Å². The first-order chi connectivity index (χ1) is 10.7. The lowest BCUT2D eigenvalue weighted by atomic mass is 9.82. The van der Waals surface area contributed by atoms with Crippen LogP contribution in [0.4, 0.5) is 0 Å². The number of carboxylic acid groups (broad SMARTS) is 1. The van der Waals surface area contributed by atoms with Gasteiger partial charge in [-0.3, -0.25) is 9.59 Å². The van der Waals surface area contributed by atoms with E-state index in [2.05, 4.69) is 17.4 Å². The molecule has 0 spiro atoms. The molecule has 2 N–H and O–H groups in total. The van der Waals surface area contributed by atoms with Crippen molar-refractivity contribution < 1.29 is 19.4 Å². The molecule has 5 nitrogen and oxygen atoms in total. The molecule has 2 bridgehead atoms. The van der Waals surface area contributed by atoms with Crippen LogP contribution < -0.4 is 5.32 Å². The predicted molar refractivity (Wildman–Crippen MR) is 80.2 cm³/mol. The number of rotatable bonds is 6. The van der Waals surface area contributed by atoms with Crippen LogP contribution in [0.25, 0.3) is 0 Å². The van der Waals surface area contributed by atoms with Gasteiger partial charge in [0.15, 0.2) is 0 Å². The van der Waals surface area contributed by atoms with Crippen molar-refractivity contribution in [2.24, 2.45) is 11.8 Å². The molecule has 0 aliphatic carbocycles. The minimum atomic E-state index is -0.971. The van der Waals surface area contributed by atoms with Crippen LogP contribution in [0, 0.1) is 11.8 Å². The molecule has 1 amide bonds. The average Bonchev–Trinajstić information content (AvgIpc) is 3.13. The second kappa shape index (κ2) is 6.32. The Labute approximate surface area is 129 Å². The molecule has 0 radical (unpaired) electrons. The standard InChI is InChI=1S/C17H19NO4/c19-16(18-10-4-7-11-5-2-1-3-6-11)14-12-8-9-13(22-12)15(14)17(20)21/h1-3,5-6,8-9,12-15H,4,7,10H2,(H,18,19)(H,20,21)/t12-,13-,14-,15-/m1/s1. The number of carbonyl (C=O) groups excluding carboxylic acids is 1. The van der Waals surface area contributed by atoms with E-state index < -0.39 is 30.0 Å². The summed E-state index contributed by atoms with van der Waals surface area (Å²) in [5.41, 5.74) is 1.23. The van der Waals surface area contributed by atoms with Crippen molar-refractivity contribution in [3.05, 3.63) is 48.0 Å². The number of fused-ring (bicyclic) bond motifs is 2. The van der Waals surface area contributed by atoms with Gasteiger partial charge in [0.25, 0.3) is 0 Å². The molecule has 3 rings (SSSR count). The van der Waals surface area contributed by atoms with E-state index in [1.165, 1.54) is 5.56 Å². The summed E-state index contributed by atoms with van der Waals surface area (Å²) in [5.74, 6) is -2.59. The van der Waals surface area contributed by atoms with E-state index in [0.29, 0.717) is 6.54 Å². The number of benzene rings is 1. The lowest BCUT2D eigenvalue weighted by Crippen LogP contribution is -2.42. The highest BCUT2D eigenvalue weighted by Gasteiger charge is 2.53. The van der Waals surface area contributed by atoms with Gasteiger partial charge >= 0.3 is 5.97 Å². The van der Waals surface area contributed by atoms with E-state index >= 15 is 0 Å². The first-order valence-electron chi connectivity index (χ1n) is 7.55. The first-order valence-corrected chi connectivity index (χ1v) is 7.55. The van der Waals surface area contributed by atoms with E-state index in [1.54, 1.807) is 12.2 Å². The molecule has 1 aromatic rings. The van der Waals surface area contributed by atoms with Crippen molar-refractivity contribution >= 4 is 11.9 Å². The third-order valence-corrected chi connectivity index (χ3v) is 4.27. The monoisotopic (exact) mass is 301 g/mol. The largest absolute Gasteiger partial charge is 0.481 e. The number of hydrogen-bond donors (Lipinski definition) is 2. The second-order valence-corrected chi connectivity index (χ2v) is 5.72. The van der Waals surface area contributed by atoms with Crippen LogP contribution >= 0.6 is 0 Å². The minimum absolute atomic E-state index is 0.225. The highest BCUT2D eigenvalue weighted by molar-refractivity contribution is 5.87. The molecule has 0 aromatic heterocycles. The van der Waals surface area contributed by atoms with Crippen molar-refractivity contribution in [3.8, 4) is 0 Å². The summed E-state index contributed by atoms with van der Waals surface area (Å²) in [6, 6.07) is 10.1. The molecule has 1 aromatic carbocycles. The van der Waals surface area contributed by atoms with Crippen molar-refractivity contribution in [3.63, 3.8) is 0 Å². The third kappa shape index (κ3) is 2.90. The summed E-state index contributed by atoms with van der Waals surface area (Å²) in [6.07, 6.45) is 4.37. The summed E-state index contributed by atoms with van der Waals surface area (Å²) in [7, 11) is 0. The van der Waals surface area contributed by atoms with Gasteiger partial charge in [0.05, 0.1) is 18.1 Å². The Hall–Kier alpha value is -2.14. The number of amides is 1. The molecule has 0 saturated carbocycles. The van der Waals surface area contributed by atoms with E-state index in [-0.39, 0.29) is 5.91 Å². The fourth-order valence-electron chi connectivity index (χ4n) is 3.18. The molecule has 116 valence electrons. The number of carboxylic acids is 1. The van der Waals surface area contributed by atoms with Crippen LogP contribution in [-0.4, -0.2) is 35.7 Å². The maximum atomic E-state index is 12.3. The molecular weight excluding hydrogens is 282 g/mol. The summed E-state index contributed by atoms with van der Waals surface area (Å²) in [5, 5.41) is 12.1. The fraction of sp³-hybridized carbons (Fsp3) is 0.412. The van der Waals surface area contributed by atoms with Crippen LogP contribution in [-0.2, 0) is 20.7 Å². The zero-order valence-corrected chi connectivity index (χ0v) is 12.1. The Balaban J connectivity index is 1.50. The number of aliphatic carboxylic acids is 1. The predicted octanol–water partition coefficient (Wildman–Crippen LogP) is 1.39. The van der Waals surface area contributed by atoms with Gasteiger partial charge in [0.1, 0.15) is 5.92 Å². The van der Waals surface area contributed by atoms with Crippen molar-refractivity contribution in [2.75, 3.05) is 6.54 Å². The molecule has 4 atom stereocenters. The number of aryl methyl sites for hydroxylation is 1. The van der Waals surface area contributed by atoms with Gasteiger partial charge in [0, 0.05) is 6.54 Å². The molecule has 5 heteroatoms. The van der Waals surface area contributed by atoms with Crippen LogP contribution in [0.15, 0.2) is 42.5 Å². The Morgan fingerprint density at radius 1 is 1.09 bits per heavy atom. The second-order valence-electron chi connectivity index (χ2n) is 5.72. The smallest absolute Gasteiger partial charge is 0.310 e. The summed E-state index contributed by atoms with van der Waals surface area (Å²) in [4.78, 5) is 23.6. The van der Waals surface area contributed by atoms with Gasteiger partial charge < -0.3 is 15.2 Å². The van der Waals surface area contributed by atoms with E-state index in [9.17, 15) is 14.7 Å². The van der Waals surface area contributed by atoms with E-state index in [0.717, 1.165) is 12.8 Å². The molecule has 1 saturated heterocycles. The van der Waals surface area contributed by atoms with Gasteiger partial charge in [-0.2, -0.15) is 0 Å². The maximum absolute atomic E-state index is 12.3. The SMILES string of the molecule is O=C(O)[C@H]1[C@H](C(=O)NCCCc2ccccc2)[C@H]2C=C[C@H]1O2. The van der Waals surface area contributed by atoms with Crippen LogP contribution in [0.2, 0.25) is 0 Å². The highest BCUT2D eigenvalue weighted by Crippen LogP contribution is 2.39. The van der Waals surface area contributed by atoms with Gasteiger partial charge in [-0.1, -0.05) is 42.5 Å². The van der Waals surface area contributed by atoms with Gasteiger partial charge in [-0.25, -0.2) is 0 Å². The first kappa shape index (κ1) is 14.8. The molecule has 0 unspecified atom stereocenters. The zero-order valence-electron chi connectivity index (χ0n) is 12.1. The summed E-state index contributed by atoms with van der Waals surface area (Å²) < 4.78 is 5.50. The fourth-order valence-corrected chi connectivity index (χ4v) is 3.18. The molecule has 2 aliphatic rings. The van der Waals surface area contributed by atoms with Gasteiger partial charge in [-0.15, -0.1) is 0 Å². The topological polar surface area (TPSA) is 75.6 Å². The lowest BCUT2D eigenvalue weighted by Gasteiger charge is -2.20. The highest BCUT2D eigenvalue weighted by atomic mass is 16.5. The Kier molecular flexibility index (Phi) is 4.24. The lowest BCUT2D eigenvalue weighted by molar-refractivity contribution is -0.146. The van der Waals surface area contributed by atoms with E-state index in [1.807, 2.05) is 18.2 Å². The average molecular weight is 301 g/mol. The summed E-state index contributed by atoms with van der Waals surface area (Å²) in [6.45, 7) is 0.539. The minimum Gasteiger partial charge on any atom is -0.481 e. The Morgan fingerprint density at radius 3 is 2.45 bits per heavy atom. The molecule has 2 aliphatic heterocycles. The molecule has 2 heterocycles. The Morgan fingerprint density at radius 2 is 1.77 bits per heavy atom.